The molecule has 1 heterocycles. The lowest BCUT2D eigenvalue weighted by Gasteiger charge is -2.35. The molecule has 0 spiro atoms. The van der Waals surface area contributed by atoms with Crippen LogP contribution in [0.2, 0.25) is 0 Å². The summed E-state index contributed by atoms with van der Waals surface area (Å²) in [7, 11) is -4.60. The van der Waals surface area contributed by atoms with Crippen molar-refractivity contribution in [2.24, 2.45) is 0 Å². The molecule has 0 amide bonds. The number of benzene rings is 2. The molecule has 3 rings (SSSR count). The second kappa shape index (κ2) is 6.64. The number of aryl methyl sites for hydroxylation is 2. The molecule has 0 aliphatic carbocycles. The highest BCUT2D eigenvalue weighted by molar-refractivity contribution is 7.46. The van der Waals surface area contributed by atoms with Gasteiger partial charge in [0.2, 0.25) is 0 Å². The SMILES string of the molecule is Cc1cc2c(c(C(C)(C)C)c1)OP(=O)([O-])Oc1c(cc(C)cc1C(C)(C)C)C2. The standard InChI is InChI=1S/C23H31O4P/c1-14-9-16-13-17-10-15(2)12-19(23(6,7)8)21(17)27-28(24,25)26-20(16)18(11-14)22(3,4)5/h9-12H,13H2,1-8H3,(H,24,25)/p-1. The first kappa shape index (κ1) is 21.0. The van der Waals surface area contributed by atoms with E-state index in [4.69, 9.17) is 9.05 Å². The van der Waals surface area contributed by atoms with Gasteiger partial charge in [0.15, 0.2) is 0 Å². The number of hydrogen-bond donors (Lipinski definition) is 0. The molecule has 2 aromatic rings. The Balaban J connectivity index is 2.33. The van der Waals surface area contributed by atoms with E-state index in [1.807, 2.05) is 38.1 Å². The summed E-state index contributed by atoms with van der Waals surface area (Å²) in [6.07, 6.45) is 0.556. The molecule has 0 N–H and O–H groups in total. The summed E-state index contributed by atoms with van der Waals surface area (Å²) in [4.78, 5) is 12.9. The third-order valence-corrected chi connectivity index (χ3v) is 5.84. The maximum atomic E-state index is 12.9. The van der Waals surface area contributed by atoms with Gasteiger partial charge in [0.25, 0.3) is 0 Å². The van der Waals surface area contributed by atoms with Gasteiger partial charge in [0.1, 0.15) is 11.5 Å². The molecular formula is C23H30O4P-. The summed E-state index contributed by atoms with van der Waals surface area (Å²) >= 11 is 0. The number of hydrogen-bond acceptors (Lipinski definition) is 4. The third-order valence-electron chi connectivity index (χ3n) is 5.02. The van der Waals surface area contributed by atoms with E-state index in [-0.39, 0.29) is 10.8 Å². The average Bonchev–Trinajstić information content (AvgIpc) is 2.48. The van der Waals surface area contributed by atoms with Gasteiger partial charge >= 0.3 is 7.82 Å². The lowest BCUT2D eigenvalue weighted by Crippen LogP contribution is -2.23. The van der Waals surface area contributed by atoms with Crippen LogP contribution in [0.5, 0.6) is 11.5 Å². The molecule has 0 bridgehead atoms. The molecule has 152 valence electrons. The van der Waals surface area contributed by atoms with Crippen LogP contribution in [0.25, 0.3) is 0 Å². The van der Waals surface area contributed by atoms with E-state index in [0.717, 1.165) is 33.4 Å². The van der Waals surface area contributed by atoms with Crippen molar-refractivity contribution in [1.29, 1.82) is 0 Å². The fraction of sp³-hybridized carbons (Fsp3) is 0.478. The molecule has 1 aliphatic rings. The first-order valence-corrected chi connectivity index (χ1v) is 11.1. The normalized spacial score (nSPS) is 16.2. The summed E-state index contributed by atoms with van der Waals surface area (Å²) in [5.41, 5.74) is 5.12. The largest absolute Gasteiger partial charge is 0.736 e. The quantitative estimate of drug-likeness (QED) is 0.529. The van der Waals surface area contributed by atoms with Crippen molar-refractivity contribution in [3.63, 3.8) is 0 Å². The van der Waals surface area contributed by atoms with Crippen LogP contribution in [-0.2, 0) is 21.8 Å². The minimum absolute atomic E-state index is 0.263. The summed E-state index contributed by atoms with van der Waals surface area (Å²) in [5, 5.41) is 0. The van der Waals surface area contributed by atoms with Crippen molar-refractivity contribution < 1.29 is 18.5 Å². The summed E-state index contributed by atoms with van der Waals surface area (Å²) in [6.45, 7) is 16.4. The monoisotopic (exact) mass is 401 g/mol. The number of rotatable bonds is 0. The van der Waals surface area contributed by atoms with Crippen LogP contribution in [-0.4, -0.2) is 0 Å². The van der Waals surface area contributed by atoms with E-state index in [0.29, 0.717) is 17.9 Å². The molecule has 28 heavy (non-hydrogen) atoms. The summed E-state index contributed by atoms with van der Waals surface area (Å²) in [5.74, 6) is 0.807. The van der Waals surface area contributed by atoms with Crippen molar-refractivity contribution in [2.45, 2.75) is 72.6 Å². The molecule has 0 saturated heterocycles. The maximum Gasteiger partial charge on any atom is 0.372 e. The molecule has 1 aliphatic heterocycles. The molecule has 4 nitrogen and oxygen atoms in total. The number of phosphoric ester groups is 1. The van der Waals surface area contributed by atoms with Gasteiger partial charge in [-0.2, -0.15) is 0 Å². The Hall–Kier alpha value is -1.77. The summed E-state index contributed by atoms with van der Waals surface area (Å²) in [6, 6.07) is 8.02. The zero-order chi connectivity index (χ0) is 21.1. The van der Waals surface area contributed by atoms with E-state index >= 15 is 0 Å². The maximum absolute atomic E-state index is 12.9. The Labute approximate surface area is 168 Å². The molecule has 2 aromatic carbocycles. The average molecular weight is 401 g/mol. The summed E-state index contributed by atoms with van der Waals surface area (Å²) < 4.78 is 24.0. The van der Waals surface area contributed by atoms with E-state index < -0.39 is 7.82 Å². The smallest absolute Gasteiger partial charge is 0.372 e. The van der Waals surface area contributed by atoms with Crippen LogP contribution < -0.4 is 13.9 Å². The predicted octanol–water partition coefficient (Wildman–Crippen LogP) is 5.73. The highest BCUT2D eigenvalue weighted by Gasteiger charge is 2.31. The minimum Gasteiger partial charge on any atom is -0.736 e. The molecule has 0 unspecified atom stereocenters. The van der Waals surface area contributed by atoms with Gasteiger partial charge in [-0.05, 0) is 35.8 Å². The Kier molecular flexibility index (Phi) is 4.97. The van der Waals surface area contributed by atoms with E-state index in [1.165, 1.54) is 0 Å². The van der Waals surface area contributed by atoms with Crippen molar-refractivity contribution in [1.82, 2.24) is 0 Å². The topological polar surface area (TPSA) is 58.6 Å². The lowest BCUT2D eigenvalue weighted by atomic mass is 9.81. The molecule has 0 saturated carbocycles. The second-order valence-electron chi connectivity index (χ2n) is 9.91. The first-order chi connectivity index (χ1) is 12.7. The Morgan fingerprint density at radius 1 is 0.786 bits per heavy atom. The molecule has 0 fully saturated rings. The van der Waals surface area contributed by atoms with E-state index in [9.17, 15) is 9.46 Å². The number of fused-ring (bicyclic) bond motifs is 2. The Bertz CT molecular complexity index is 902. The molecule has 0 atom stereocenters. The van der Waals surface area contributed by atoms with E-state index in [1.54, 1.807) is 0 Å². The zero-order valence-electron chi connectivity index (χ0n) is 18.1. The van der Waals surface area contributed by atoms with Crippen LogP contribution in [0.4, 0.5) is 0 Å². The Morgan fingerprint density at radius 2 is 1.14 bits per heavy atom. The fourth-order valence-electron chi connectivity index (χ4n) is 3.74. The van der Waals surface area contributed by atoms with E-state index in [2.05, 4.69) is 41.5 Å². The third kappa shape index (κ3) is 4.14. The van der Waals surface area contributed by atoms with Gasteiger partial charge < -0.3 is 13.9 Å². The van der Waals surface area contributed by atoms with Crippen LogP contribution in [0.1, 0.15) is 74.9 Å². The Morgan fingerprint density at radius 3 is 1.46 bits per heavy atom. The van der Waals surface area contributed by atoms with Gasteiger partial charge in [0.05, 0.1) is 0 Å². The lowest BCUT2D eigenvalue weighted by molar-refractivity contribution is -0.208. The van der Waals surface area contributed by atoms with Gasteiger partial charge in [-0.1, -0.05) is 76.9 Å². The predicted molar refractivity (Wildman–Crippen MR) is 111 cm³/mol. The highest BCUT2D eigenvalue weighted by Crippen LogP contribution is 2.51. The van der Waals surface area contributed by atoms with Gasteiger partial charge in [-0.25, -0.2) is 4.57 Å². The molecule has 0 aromatic heterocycles. The number of phosphoric acid groups is 1. The van der Waals surface area contributed by atoms with Crippen molar-refractivity contribution in [2.75, 3.05) is 0 Å². The highest BCUT2D eigenvalue weighted by atomic mass is 31.2. The minimum atomic E-state index is -4.60. The molecule has 0 radical (unpaired) electrons. The van der Waals surface area contributed by atoms with Gasteiger partial charge in [-0.15, -0.1) is 0 Å². The fourth-order valence-corrected chi connectivity index (χ4v) is 4.65. The van der Waals surface area contributed by atoms with Crippen LogP contribution in [0.3, 0.4) is 0 Å². The van der Waals surface area contributed by atoms with Crippen molar-refractivity contribution in [3.8, 4) is 11.5 Å². The first-order valence-electron chi connectivity index (χ1n) is 9.66. The van der Waals surface area contributed by atoms with Crippen LogP contribution >= 0.6 is 7.82 Å². The molecule has 5 heteroatoms. The van der Waals surface area contributed by atoms with Crippen LogP contribution in [0.15, 0.2) is 24.3 Å². The van der Waals surface area contributed by atoms with Crippen LogP contribution in [0, 0.1) is 13.8 Å². The van der Waals surface area contributed by atoms with Gasteiger partial charge in [0, 0.05) is 17.5 Å². The van der Waals surface area contributed by atoms with Gasteiger partial charge in [-0.3, -0.25) is 0 Å². The molecular weight excluding hydrogens is 371 g/mol. The zero-order valence-corrected chi connectivity index (χ0v) is 19.0. The van der Waals surface area contributed by atoms with Crippen molar-refractivity contribution >= 4 is 7.82 Å². The second-order valence-corrected chi connectivity index (χ2v) is 11.2. The van der Waals surface area contributed by atoms with Crippen molar-refractivity contribution in [3.05, 3.63) is 57.6 Å².